The highest BCUT2D eigenvalue weighted by Gasteiger charge is 2.20. The Hall–Kier alpha value is -7.37. The van der Waals surface area contributed by atoms with Crippen molar-refractivity contribution in [2.45, 2.75) is 0 Å². The maximum absolute atomic E-state index is 5.01. The molecule has 0 aliphatic rings. The van der Waals surface area contributed by atoms with E-state index in [0.717, 1.165) is 44.4 Å². The lowest BCUT2D eigenvalue weighted by Gasteiger charge is -2.13. The van der Waals surface area contributed by atoms with Crippen molar-refractivity contribution in [1.29, 1.82) is 0 Å². The predicted molar refractivity (Wildman–Crippen MR) is 222 cm³/mol. The fourth-order valence-electron chi connectivity index (χ4n) is 8.08. The minimum atomic E-state index is 0.642. The fourth-order valence-corrected chi connectivity index (χ4v) is 8.08. The molecule has 0 amide bonds. The average Bonchev–Trinajstić information content (AvgIpc) is 3.75. The third-order valence-corrected chi connectivity index (χ3v) is 10.5. The smallest absolute Gasteiger partial charge is 0.164 e. The summed E-state index contributed by atoms with van der Waals surface area (Å²) in [6.07, 6.45) is 0. The summed E-state index contributed by atoms with van der Waals surface area (Å²) < 4.78 is 4.83. The Morgan fingerprint density at radius 1 is 0.296 bits per heavy atom. The Morgan fingerprint density at radius 3 is 1.44 bits per heavy atom. The number of nitrogens with zero attached hydrogens (tertiary/aromatic N) is 5. The largest absolute Gasteiger partial charge is 0.309 e. The van der Waals surface area contributed by atoms with Crippen molar-refractivity contribution in [3.8, 4) is 45.5 Å². The zero-order valence-electron chi connectivity index (χ0n) is 29.1. The zero-order valence-corrected chi connectivity index (χ0v) is 29.1. The number of hydrogen-bond donors (Lipinski definition) is 0. The minimum Gasteiger partial charge on any atom is -0.309 e. The fraction of sp³-hybridized carbons (Fsp3) is 0. The van der Waals surface area contributed by atoms with Crippen LogP contribution in [0, 0.1) is 0 Å². The van der Waals surface area contributed by atoms with Crippen LogP contribution >= 0.6 is 0 Å². The van der Waals surface area contributed by atoms with Crippen molar-refractivity contribution in [2.24, 2.45) is 0 Å². The van der Waals surface area contributed by atoms with E-state index in [1.165, 1.54) is 38.1 Å². The summed E-state index contributed by atoms with van der Waals surface area (Å²) in [7, 11) is 0. The standard InChI is InChI=1S/C49H31N5/c1-4-15-32(16-5-1)47-50-48(33-17-6-2-7-18-33)52-49(51-47)35-27-28-37-34(29-35)19-14-26-42(37)54-44-25-13-11-23-39(44)41-30-40-38-22-10-12-24-43(38)53(45(40)31-46(41)54)36-20-8-3-9-21-36/h1-31H. The van der Waals surface area contributed by atoms with E-state index < -0.39 is 0 Å². The Bertz CT molecular complexity index is 3140. The lowest BCUT2D eigenvalue weighted by Crippen LogP contribution is -2.00. The molecule has 11 rings (SSSR count). The van der Waals surface area contributed by atoms with Gasteiger partial charge in [0.1, 0.15) is 0 Å². The maximum Gasteiger partial charge on any atom is 0.164 e. The van der Waals surface area contributed by atoms with Crippen LogP contribution in [0.2, 0.25) is 0 Å². The van der Waals surface area contributed by atoms with Crippen LogP contribution in [0.15, 0.2) is 188 Å². The first-order chi connectivity index (χ1) is 26.8. The Morgan fingerprint density at radius 2 is 0.815 bits per heavy atom. The van der Waals surface area contributed by atoms with Gasteiger partial charge in [0.25, 0.3) is 0 Å². The molecule has 0 saturated carbocycles. The number of para-hydroxylation sites is 3. The molecular weight excluding hydrogens is 659 g/mol. The average molecular weight is 690 g/mol. The van der Waals surface area contributed by atoms with Crippen LogP contribution in [0.1, 0.15) is 0 Å². The normalized spacial score (nSPS) is 11.7. The lowest BCUT2D eigenvalue weighted by molar-refractivity contribution is 1.07. The van der Waals surface area contributed by atoms with Crippen molar-refractivity contribution in [3.63, 3.8) is 0 Å². The zero-order chi connectivity index (χ0) is 35.6. The first-order valence-corrected chi connectivity index (χ1v) is 18.2. The van der Waals surface area contributed by atoms with Gasteiger partial charge in [0, 0.05) is 49.3 Å². The van der Waals surface area contributed by atoms with E-state index in [1.54, 1.807) is 0 Å². The van der Waals surface area contributed by atoms with E-state index >= 15 is 0 Å². The Labute approximate surface area is 311 Å². The van der Waals surface area contributed by atoms with Crippen LogP contribution in [0.25, 0.3) is 99.9 Å². The molecule has 252 valence electrons. The monoisotopic (exact) mass is 689 g/mol. The summed E-state index contributed by atoms with van der Waals surface area (Å²) in [5, 5.41) is 7.21. The maximum atomic E-state index is 5.01. The van der Waals surface area contributed by atoms with Crippen LogP contribution in [-0.4, -0.2) is 24.1 Å². The second kappa shape index (κ2) is 12.1. The van der Waals surface area contributed by atoms with Crippen molar-refractivity contribution < 1.29 is 0 Å². The van der Waals surface area contributed by atoms with Crippen molar-refractivity contribution in [2.75, 3.05) is 0 Å². The third kappa shape index (κ3) is 4.76. The molecule has 0 unspecified atom stereocenters. The Balaban J connectivity index is 1.14. The minimum absolute atomic E-state index is 0.642. The van der Waals surface area contributed by atoms with Crippen LogP contribution in [0.4, 0.5) is 0 Å². The van der Waals surface area contributed by atoms with Gasteiger partial charge < -0.3 is 9.13 Å². The van der Waals surface area contributed by atoms with Crippen LogP contribution < -0.4 is 0 Å². The van der Waals surface area contributed by atoms with Crippen LogP contribution in [-0.2, 0) is 0 Å². The summed E-state index contributed by atoms with van der Waals surface area (Å²) in [5.41, 5.74) is 9.82. The quantitative estimate of drug-likeness (QED) is 0.181. The number of benzene rings is 8. The van der Waals surface area contributed by atoms with E-state index in [9.17, 15) is 0 Å². The topological polar surface area (TPSA) is 48.5 Å². The van der Waals surface area contributed by atoms with Crippen LogP contribution in [0.3, 0.4) is 0 Å². The molecule has 0 radical (unpaired) electrons. The van der Waals surface area contributed by atoms with Gasteiger partial charge in [0.15, 0.2) is 17.5 Å². The van der Waals surface area contributed by atoms with E-state index in [4.69, 9.17) is 15.0 Å². The van der Waals surface area contributed by atoms with Gasteiger partial charge in [-0.2, -0.15) is 0 Å². The first kappa shape index (κ1) is 30.3. The molecule has 5 nitrogen and oxygen atoms in total. The van der Waals surface area contributed by atoms with E-state index in [1.807, 2.05) is 60.7 Å². The molecule has 0 saturated heterocycles. The van der Waals surface area contributed by atoms with Crippen molar-refractivity contribution in [3.05, 3.63) is 188 Å². The number of aromatic nitrogens is 5. The summed E-state index contributed by atoms with van der Waals surface area (Å²) >= 11 is 0. The second-order valence-corrected chi connectivity index (χ2v) is 13.7. The van der Waals surface area contributed by atoms with Gasteiger partial charge in [-0.25, -0.2) is 15.0 Å². The molecule has 5 heteroatoms. The molecule has 0 atom stereocenters. The molecule has 3 aromatic heterocycles. The molecule has 54 heavy (non-hydrogen) atoms. The van der Waals surface area contributed by atoms with E-state index in [2.05, 4.69) is 137 Å². The van der Waals surface area contributed by atoms with Gasteiger partial charge in [-0.1, -0.05) is 140 Å². The molecule has 0 fully saturated rings. The highest BCUT2D eigenvalue weighted by atomic mass is 15.0. The summed E-state index contributed by atoms with van der Waals surface area (Å²) in [5.74, 6) is 1.94. The highest BCUT2D eigenvalue weighted by molar-refractivity contribution is 6.19. The van der Waals surface area contributed by atoms with Crippen molar-refractivity contribution in [1.82, 2.24) is 24.1 Å². The molecule has 0 bridgehead atoms. The first-order valence-electron chi connectivity index (χ1n) is 18.2. The summed E-state index contributed by atoms with van der Waals surface area (Å²) in [6.45, 7) is 0. The second-order valence-electron chi connectivity index (χ2n) is 13.7. The van der Waals surface area contributed by atoms with Gasteiger partial charge in [-0.05, 0) is 53.9 Å². The highest BCUT2D eigenvalue weighted by Crippen LogP contribution is 2.41. The predicted octanol–water partition coefficient (Wildman–Crippen LogP) is 12.2. The van der Waals surface area contributed by atoms with Gasteiger partial charge in [0.05, 0.1) is 27.8 Å². The van der Waals surface area contributed by atoms with Gasteiger partial charge in [-0.3, -0.25) is 0 Å². The third-order valence-electron chi connectivity index (χ3n) is 10.5. The molecule has 3 heterocycles. The lowest BCUT2D eigenvalue weighted by atomic mass is 10.0. The number of hydrogen-bond acceptors (Lipinski definition) is 3. The summed E-state index contributed by atoms with van der Waals surface area (Å²) in [6, 6.07) is 66.3. The molecule has 11 aromatic rings. The van der Waals surface area contributed by atoms with Gasteiger partial charge >= 0.3 is 0 Å². The molecular formula is C49H31N5. The molecule has 0 aliphatic heterocycles. The van der Waals surface area contributed by atoms with Crippen LogP contribution in [0.5, 0.6) is 0 Å². The SMILES string of the molecule is c1ccc(-c2nc(-c3ccccc3)nc(-c3ccc4c(-n5c6ccccc6c6cc7c8ccccc8n(-c8ccccc8)c7cc65)cccc4c3)n2)cc1. The Kier molecular flexibility index (Phi) is 6.79. The van der Waals surface area contributed by atoms with Gasteiger partial charge in [-0.15, -0.1) is 0 Å². The number of fused-ring (bicyclic) bond motifs is 7. The van der Waals surface area contributed by atoms with Crippen molar-refractivity contribution >= 4 is 54.4 Å². The van der Waals surface area contributed by atoms with E-state index in [-0.39, 0.29) is 0 Å². The number of rotatable bonds is 5. The molecule has 0 aliphatic carbocycles. The molecule has 0 spiro atoms. The van der Waals surface area contributed by atoms with E-state index in [0.29, 0.717) is 17.5 Å². The van der Waals surface area contributed by atoms with Gasteiger partial charge in [0.2, 0.25) is 0 Å². The molecule has 0 N–H and O–H groups in total. The summed E-state index contributed by atoms with van der Waals surface area (Å²) in [4.78, 5) is 14.9. The molecule has 8 aromatic carbocycles.